The minimum atomic E-state index is -0.417. The van der Waals surface area contributed by atoms with Crippen LogP contribution in [-0.4, -0.2) is 31.0 Å². The third-order valence-electron chi connectivity index (χ3n) is 3.84. The Balaban J connectivity index is 2.06. The van der Waals surface area contributed by atoms with Crippen LogP contribution in [0.5, 0.6) is 0 Å². The SMILES string of the molecule is CC1CC=NC2=C1C1(CCNCC1)OC(=O)N2. The topological polar surface area (TPSA) is 62.7 Å². The fraction of sp³-hybridized carbons (Fsp3) is 0.667. The highest BCUT2D eigenvalue weighted by atomic mass is 16.6. The van der Waals surface area contributed by atoms with Crippen LogP contribution in [0.15, 0.2) is 16.4 Å². The second kappa shape index (κ2) is 3.84. The van der Waals surface area contributed by atoms with Crippen molar-refractivity contribution in [2.75, 3.05) is 13.1 Å². The fourth-order valence-electron chi connectivity index (χ4n) is 3.04. The second-order valence-electron chi connectivity index (χ2n) is 4.97. The zero-order valence-electron chi connectivity index (χ0n) is 9.95. The Morgan fingerprint density at radius 2 is 2.24 bits per heavy atom. The molecule has 1 unspecified atom stereocenters. The Morgan fingerprint density at radius 1 is 1.47 bits per heavy atom. The van der Waals surface area contributed by atoms with Crippen LogP contribution in [0, 0.1) is 5.92 Å². The predicted octanol–water partition coefficient (Wildman–Crippen LogP) is 1.17. The maximum absolute atomic E-state index is 11.6. The normalized spacial score (nSPS) is 30.9. The van der Waals surface area contributed by atoms with Crippen molar-refractivity contribution in [1.82, 2.24) is 10.6 Å². The van der Waals surface area contributed by atoms with E-state index in [1.807, 2.05) is 6.21 Å². The lowest BCUT2D eigenvalue weighted by atomic mass is 9.76. The van der Waals surface area contributed by atoms with Gasteiger partial charge in [0.1, 0.15) is 11.4 Å². The molecule has 5 heteroatoms. The Kier molecular flexibility index (Phi) is 2.43. The van der Waals surface area contributed by atoms with Gasteiger partial charge < -0.3 is 10.1 Å². The molecule has 5 nitrogen and oxygen atoms in total. The quantitative estimate of drug-likeness (QED) is 0.662. The summed E-state index contributed by atoms with van der Waals surface area (Å²) >= 11 is 0. The molecule has 1 atom stereocenters. The van der Waals surface area contributed by atoms with Gasteiger partial charge in [-0.15, -0.1) is 0 Å². The number of piperidine rings is 1. The molecule has 2 N–H and O–H groups in total. The van der Waals surface area contributed by atoms with Crippen molar-refractivity contribution in [1.29, 1.82) is 0 Å². The number of hydrogen-bond acceptors (Lipinski definition) is 4. The number of ether oxygens (including phenoxy) is 1. The Morgan fingerprint density at radius 3 is 3.00 bits per heavy atom. The number of nitrogens with one attached hydrogen (secondary N) is 2. The lowest BCUT2D eigenvalue weighted by Gasteiger charge is -2.44. The molecule has 0 aliphatic carbocycles. The van der Waals surface area contributed by atoms with Crippen LogP contribution in [0.4, 0.5) is 4.79 Å². The fourth-order valence-corrected chi connectivity index (χ4v) is 3.04. The Labute approximate surface area is 100 Å². The van der Waals surface area contributed by atoms with Gasteiger partial charge in [0.15, 0.2) is 0 Å². The molecular formula is C12H17N3O2. The van der Waals surface area contributed by atoms with E-state index in [-0.39, 0.29) is 6.09 Å². The number of amides is 1. The van der Waals surface area contributed by atoms with E-state index in [0.29, 0.717) is 5.92 Å². The first-order valence-electron chi connectivity index (χ1n) is 6.19. The minimum absolute atomic E-state index is 0.364. The number of rotatable bonds is 0. The molecule has 0 aromatic carbocycles. The molecular weight excluding hydrogens is 218 g/mol. The van der Waals surface area contributed by atoms with Crippen LogP contribution in [0.3, 0.4) is 0 Å². The molecule has 1 saturated heterocycles. The summed E-state index contributed by atoms with van der Waals surface area (Å²) in [4.78, 5) is 16.0. The highest BCUT2D eigenvalue weighted by molar-refractivity contribution is 5.75. The molecule has 3 aliphatic rings. The van der Waals surface area contributed by atoms with Gasteiger partial charge in [-0.2, -0.15) is 0 Å². The predicted molar refractivity (Wildman–Crippen MR) is 63.8 cm³/mol. The van der Waals surface area contributed by atoms with E-state index in [4.69, 9.17) is 4.74 Å². The molecule has 1 amide bonds. The second-order valence-corrected chi connectivity index (χ2v) is 4.97. The first kappa shape index (κ1) is 10.8. The van der Waals surface area contributed by atoms with Gasteiger partial charge >= 0.3 is 6.09 Å². The summed E-state index contributed by atoms with van der Waals surface area (Å²) in [6.07, 6.45) is 4.13. The molecule has 0 saturated carbocycles. The smallest absolute Gasteiger partial charge is 0.413 e. The largest absolute Gasteiger partial charge is 0.438 e. The summed E-state index contributed by atoms with van der Waals surface area (Å²) in [6, 6.07) is 0. The molecule has 1 fully saturated rings. The number of hydrogen-bond donors (Lipinski definition) is 2. The van der Waals surface area contributed by atoms with Gasteiger partial charge in [0.2, 0.25) is 0 Å². The van der Waals surface area contributed by atoms with Gasteiger partial charge in [0.25, 0.3) is 0 Å². The third-order valence-corrected chi connectivity index (χ3v) is 3.84. The number of carbonyl (C=O) groups is 1. The van der Waals surface area contributed by atoms with E-state index in [9.17, 15) is 4.79 Å². The Bertz CT molecular complexity index is 408. The van der Waals surface area contributed by atoms with Crippen LogP contribution in [0.2, 0.25) is 0 Å². The average molecular weight is 235 g/mol. The van der Waals surface area contributed by atoms with Crippen LogP contribution < -0.4 is 10.6 Å². The molecule has 92 valence electrons. The first-order chi connectivity index (χ1) is 8.21. The van der Waals surface area contributed by atoms with Crippen molar-refractivity contribution in [2.24, 2.45) is 10.9 Å². The Hall–Kier alpha value is -1.36. The van der Waals surface area contributed by atoms with Crippen LogP contribution in [0.1, 0.15) is 26.2 Å². The average Bonchev–Trinajstić information content (AvgIpc) is 2.29. The van der Waals surface area contributed by atoms with Gasteiger partial charge in [-0.25, -0.2) is 9.79 Å². The van der Waals surface area contributed by atoms with Crippen molar-refractivity contribution in [3.05, 3.63) is 11.4 Å². The van der Waals surface area contributed by atoms with Crippen molar-refractivity contribution >= 4 is 12.3 Å². The van der Waals surface area contributed by atoms with Gasteiger partial charge in [-0.3, -0.25) is 5.32 Å². The summed E-state index contributed by atoms with van der Waals surface area (Å²) in [5.41, 5.74) is 0.765. The monoisotopic (exact) mass is 235 g/mol. The summed E-state index contributed by atoms with van der Waals surface area (Å²) in [6.45, 7) is 3.95. The van der Waals surface area contributed by atoms with E-state index >= 15 is 0 Å². The number of carbonyl (C=O) groups excluding carboxylic acids is 1. The van der Waals surface area contributed by atoms with Crippen LogP contribution in [0.25, 0.3) is 0 Å². The molecule has 17 heavy (non-hydrogen) atoms. The van der Waals surface area contributed by atoms with Crippen molar-refractivity contribution in [3.63, 3.8) is 0 Å². The molecule has 0 radical (unpaired) electrons. The van der Waals surface area contributed by atoms with E-state index < -0.39 is 5.60 Å². The van der Waals surface area contributed by atoms with Gasteiger partial charge in [0, 0.05) is 24.6 Å². The molecule has 0 aromatic heterocycles. The van der Waals surface area contributed by atoms with Crippen molar-refractivity contribution < 1.29 is 9.53 Å². The lowest BCUT2D eigenvalue weighted by molar-refractivity contribution is 0.00143. The van der Waals surface area contributed by atoms with Crippen LogP contribution in [-0.2, 0) is 4.74 Å². The van der Waals surface area contributed by atoms with E-state index in [2.05, 4.69) is 22.5 Å². The number of aliphatic imine (C=N–C) groups is 1. The zero-order valence-corrected chi connectivity index (χ0v) is 9.95. The summed E-state index contributed by atoms with van der Waals surface area (Å²) in [5.74, 6) is 1.11. The lowest BCUT2D eigenvalue weighted by Crippen LogP contribution is -2.54. The highest BCUT2D eigenvalue weighted by Gasteiger charge is 2.47. The van der Waals surface area contributed by atoms with E-state index in [1.165, 1.54) is 5.57 Å². The highest BCUT2D eigenvalue weighted by Crippen LogP contribution is 2.41. The van der Waals surface area contributed by atoms with Gasteiger partial charge in [-0.05, 0) is 25.4 Å². The van der Waals surface area contributed by atoms with Gasteiger partial charge in [0.05, 0.1) is 0 Å². The third kappa shape index (κ3) is 1.65. The molecule has 0 bridgehead atoms. The van der Waals surface area contributed by atoms with Crippen LogP contribution >= 0.6 is 0 Å². The summed E-state index contributed by atoms with van der Waals surface area (Å²) < 4.78 is 5.63. The molecule has 0 aromatic rings. The maximum Gasteiger partial charge on any atom is 0.413 e. The number of nitrogens with zero attached hydrogens (tertiary/aromatic N) is 1. The van der Waals surface area contributed by atoms with E-state index in [0.717, 1.165) is 38.2 Å². The van der Waals surface area contributed by atoms with E-state index in [1.54, 1.807) is 0 Å². The zero-order chi connectivity index (χ0) is 11.9. The number of alkyl carbamates (subject to hydrolysis) is 1. The molecule has 1 spiro atoms. The molecule has 3 rings (SSSR count). The summed E-state index contributed by atoms with van der Waals surface area (Å²) in [7, 11) is 0. The summed E-state index contributed by atoms with van der Waals surface area (Å²) in [5, 5.41) is 6.03. The van der Waals surface area contributed by atoms with Crippen molar-refractivity contribution in [2.45, 2.75) is 31.8 Å². The standard InChI is InChI=1S/C12H17N3O2/c1-8-2-5-14-10-9(8)12(17-11(16)15-10)3-6-13-7-4-12/h5,8,13H,2-4,6-7H2,1H3,(H,15,16). The van der Waals surface area contributed by atoms with Crippen molar-refractivity contribution in [3.8, 4) is 0 Å². The molecule has 3 heterocycles. The first-order valence-corrected chi connectivity index (χ1v) is 6.19. The number of fused-ring (bicyclic) bond motifs is 1. The van der Waals surface area contributed by atoms with Gasteiger partial charge in [-0.1, -0.05) is 6.92 Å². The maximum atomic E-state index is 11.6. The molecule has 3 aliphatic heterocycles. The minimum Gasteiger partial charge on any atom is -0.438 e.